The molecule has 114 valence electrons. The van der Waals surface area contributed by atoms with Crippen LogP contribution < -0.4 is 10.1 Å². The molecule has 1 amide bonds. The average molecular weight is 302 g/mol. The molecular formula is C16H15FN2O3. The zero-order chi connectivity index (χ0) is 15.9. The minimum absolute atomic E-state index is 0.116. The van der Waals surface area contributed by atoms with Gasteiger partial charge in [-0.15, -0.1) is 0 Å². The summed E-state index contributed by atoms with van der Waals surface area (Å²) in [6.45, 7) is 1.62. The van der Waals surface area contributed by atoms with Crippen LogP contribution in [0.2, 0.25) is 0 Å². The number of carbonyl (C=O) groups excluding carboxylic acids is 2. The Morgan fingerprint density at radius 1 is 1.41 bits per heavy atom. The topological polar surface area (TPSA) is 60.3 Å². The Balaban J connectivity index is 1.84. The maximum atomic E-state index is 13.9. The van der Waals surface area contributed by atoms with E-state index in [0.29, 0.717) is 22.6 Å². The van der Waals surface area contributed by atoms with Gasteiger partial charge >= 0.3 is 0 Å². The smallest absolute Gasteiger partial charge is 0.268 e. The second-order valence-electron chi connectivity index (χ2n) is 5.27. The molecule has 0 saturated heterocycles. The lowest BCUT2D eigenvalue weighted by Crippen LogP contribution is -2.31. The first kappa shape index (κ1) is 14.3. The molecule has 1 N–H and O–H groups in total. The number of nitrogens with zero attached hydrogens (tertiary/aromatic N) is 1. The maximum Gasteiger partial charge on any atom is 0.268 e. The first-order valence-electron chi connectivity index (χ1n) is 6.86. The highest BCUT2D eigenvalue weighted by molar-refractivity contribution is 5.99. The van der Waals surface area contributed by atoms with Gasteiger partial charge in [-0.25, -0.2) is 4.39 Å². The number of nitrogens with one attached hydrogen (secondary N) is 1. The largest absolute Gasteiger partial charge is 0.491 e. The van der Waals surface area contributed by atoms with Crippen molar-refractivity contribution in [1.82, 2.24) is 9.88 Å². The van der Waals surface area contributed by atoms with E-state index < -0.39 is 11.9 Å². The van der Waals surface area contributed by atoms with Crippen LogP contribution in [0.1, 0.15) is 39.4 Å². The van der Waals surface area contributed by atoms with Crippen LogP contribution in [0.5, 0.6) is 5.75 Å². The highest BCUT2D eigenvalue weighted by Gasteiger charge is 2.29. The summed E-state index contributed by atoms with van der Waals surface area (Å²) < 4.78 is 20.9. The highest BCUT2D eigenvalue weighted by atomic mass is 19.1. The minimum atomic E-state index is -0.542. The summed E-state index contributed by atoms with van der Waals surface area (Å²) in [5.41, 5.74) is 1.16. The third-order valence-corrected chi connectivity index (χ3v) is 3.72. The number of benzene rings is 1. The number of ketones is 1. The van der Waals surface area contributed by atoms with Gasteiger partial charge in [0.2, 0.25) is 0 Å². The molecule has 0 bridgehead atoms. The van der Waals surface area contributed by atoms with Crippen molar-refractivity contribution in [2.75, 3.05) is 6.61 Å². The molecule has 2 aromatic rings. The van der Waals surface area contributed by atoms with Crippen LogP contribution in [0.4, 0.5) is 4.39 Å². The number of ether oxygens (including phenoxy) is 1. The van der Waals surface area contributed by atoms with Crippen LogP contribution in [-0.4, -0.2) is 22.9 Å². The Bertz CT molecular complexity index is 767. The molecule has 0 unspecified atom stereocenters. The summed E-state index contributed by atoms with van der Waals surface area (Å²) in [7, 11) is 1.68. The molecule has 0 fully saturated rings. The third-order valence-electron chi connectivity index (χ3n) is 3.72. The molecule has 0 radical (unpaired) electrons. The molecule has 0 saturated carbocycles. The van der Waals surface area contributed by atoms with Crippen molar-refractivity contribution in [1.29, 1.82) is 0 Å². The molecule has 2 heterocycles. The van der Waals surface area contributed by atoms with Crippen molar-refractivity contribution in [3.8, 4) is 5.75 Å². The predicted molar refractivity (Wildman–Crippen MR) is 77.5 cm³/mol. The molecule has 1 aromatic carbocycles. The van der Waals surface area contributed by atoms with Gasteiger partial charge in [-0.3, -0.25) is 9.59 Å². The molecule has 0 aliphatic carbocycles. The molecule has 6 heteroatoms. The average Bonchev–Trinajstić information content (AvgIpc) is 3.04. The van der Waals surface area contributed by atoms with Gasteiger partial charge in [-0.1, -0.05) is 6.07 Å². The fraction of sp³-hybridized carbons (Fsp3) is 0.250. The van der Waals surface area contributed by atoms with Gasteiger partial charge in [-0.2, -0.15) is 0 Å². The van der Waals surface area contributed by atoms with Crippen molar-refractivity contribution < 1.29 is 18.7 Å². The molecule has 1 atom stereocenters. The van der Waals surface area contributed by atoms with E-state index in [1.165, 1.54) is 19.1 Å². The minimum Gasteiger partial charge on any atom is -0.491 e. The van der Waals surface area contributed by atoms with E-state index in [2.05, 4.69) is 5.32 Å². The second kappa shape index (κ2) is 5.29. The summed E-state index contributed by atoms with van der Waals surface area (Å²) in [6, 6.07) is 5.55. The Kier molecular flexibility index (Phi) is 3.44. The molecule has 5 nitrogen and oxygen atoms in total. The van der Waals surface area contributed by atoms with Gasteiger partial charge in [-0.05, 0) is 25.1 Å². The Morgan fingerprint density at radius 2 is 2.18 bits per heavy atom. The molecule has 3 rings (SSSR count). The van der Waals surface area contributed by atoms with Gasteiger partial charge in [0.1, 0.15) is 23.9 Å². The fourth-order valence-corrected chi connectivity index (χ4v) is 2.57. The number of hydrogen-bond donors (Lipinski definition) is 1. The second-order valence-corrected chi connectivity index (χ2v) is 5.27. The van der Waals surface area contributed by atoms with E-state index in [1.54, 1.807) is 29.9 Å². The van der Waals surface area contributed by atoms with Gasteiger partial charge < -0.3 is 14.6 Å². The zero-order valence-electron chi connectivity index (χ0n) is 12.2. The molecule has 0 spiro atoms. The van der Waals surface area contributed by atoms with Crippen molar-refractivity contribution in [3.05, 3.63) is 53.1 Å². The molecular weight excluding hydrogens is 287 g/mol. The number of hydrogen-bond acceptors (Lipinski definition) is 3. The van der Waals surface area contributed by atoms with E-state index in [0.717, 1.165) is 0 Å². The number of aryl methyl sites for hydroxylation is 1. The standard InChI is InChI=1S/C16H15FN2O3/c1-9(20)10-6-13(19(2)7-10)16(21)18-12-8-22-14-5-3-4-11(17)15(12)14/h3-7,12H,8H2,1-2H3,(H,18,21)/t12-/m1/s1. The molecule has 1 aliphatic heterocycles. The number of aromatic nitrogens is 1. The summed E-state index contributed by atoms with van der Waals surface area (Å²) in [5, 5.41) is 2.75. The number of rotatable bonds is 3. The van der Waals surface area contributed by atoms with Gasteiger partial charge in [0, 0.05) is 18.8 Å². The summed E-state index contributed by atoms with van der Waals surface area (Å²) in [6.07, 6.45) is 1.59. The quantitative estimate of drug-likeness (QED) is 0.885. The van der Waals surface area contributed by atoms with E-state index in [4.69, 9.17) is 4.74 Å². The van der Waals surface area contributed by atoms with Crippen molar-refractivity contribution in [3.63, 3.8) is 0 Å². The van der Waals surface area contributed by atoms with Crippen LogP contribution in [0.25, 0.3) is 0 Å². The highest BCUT2D eigenvalue weighted by Crippen LogP contribution is 2.34. The van der Waals surface area contributed by atoms with Crippen molar-refractivity contribution in [2.24, 2.45) is 7.05 Å². The number of halogens is 1. The first-order valence-corrected chi connectivity index (χ1v) is 6.86. The summed E-state index contributed by atoms with van der Waals surface area (Å²) in [4.78, 5) is 23.7. The Labute approximate surface area is 126 Å². The number of Topliss-reactive ketones (excluding diaryl/α,β-unsaturated/α-hetero) is 1. The van der Waals surface area contributed by atoms with Gasteiger partial charge in [0.25, 0.3) is 5.91 Å². The first-order chi connectivity index (χ1) is 10.5. The van der Waals surface area contributed by atoms with E-state index in [1.807, 2.05) is 0 Å². The van der Waals surface area contributed by atoms with Crippen LogP contribution >= 0.6 is 0 Å². The Morgan fingerprint density at radius 3 is 2.86 bits per heavy atom. The predicted octanol–water partition coefficient (Wildman–Crippen LogP) is 2.23. The maximum absolute atomic E-state index is 13.9. The van der Waals surface area contributed by atoms with Crippen LogP contribution in [0.15, 0.2) is 30.5 Å². The van der Waals surface area contributed by atoms with E-state index >= 15 is 0 Å². The SMILES string of the molecule is CC(=O)c1cc(C(=O)N[C@@H]2COc3cccc(F)c32)n(C)c1. The summed E-state index contributed by atoms with van der Waals surface area (Å²) in [5.74, 6) is -0.451. The fourth-order valence-electron chi connectivity index (χ4n) is 2.57. The zero-order valence-corrected chi connectivity index (χ0v) is 12.2. The van der Waals surface area contributed by atoms with E-state index in [-0.39, 0.29) is 18.3 Å². The number of carbonyl (C=O) groups is 2. The Hall–Kier alpha value is -2.63. The summed E-state index contributed by atoms with van der Waals surface area (Å²) >= 11 is 0. The monoisotopic (exact) mass is 302 g/mol. The van der Waals surface area contributed by atoms with Gasteiger partial charge in [0.15, 0.2) is 5.78 Å². The lowest BCUT2D eigenvalue weighted by molar-refractivity contribution is 0.0921. The lowest BCUT2D eigenvalue weighted by Gasteiger charge is -2.12. The van der Waals surface area contributed by atoms with Crippen LogP contribution in [0, 0.1) is 5.82 Å². The molecule has 1 aliphatic rings. The number of fused-ring (bicyclic) bond motifs is 1. The third kappa shape index (κ3) is 2.36. The lowest BCUT2D eigenvalue weighted by atomic mass is 10.1. The normalized spacial score (nSPS) is 16.0. The van der Waals surface area contributed by atoms with Gasteiger partial charge in [0.05, 0.1) is 11.6 Å². The molecule has 22 heavy (non-hydrogen) atoms. The van der Waals surface area contributed by atoms with Crippen LogP contribution in [0.3, 0.4) is 0 Å². The number of amides is 1. The van der Waals surface area contributed by atoms with Crippen LogP contribution in [-0.2, 0) is 7.05 Å². The van der Waals surface area contributed by atoms with Crippen molar-refractivity contribution >= 4 is 11.7 Å². The van der Waals surface area contributed by atoms with Crippen molar-refractivity contribution in [2.45, 2.75) is 13.0 Å². The molecule has 1 aromatic heterocycles. The van der Waals surface area contributed by atoms with E-state index in [9.17, 15) is 14.0 Å².